The maximum absolute atomic E-state index is 12.3. The van der Waals surface area contributed by atoms with Crippen LogP contribution in [0.2, 0.25) is 0 Å². The first-order valence-corrected chi connectivity index (χ1v) is 17.9. The number of hydrogen-bond acceptors (Lipinski definition) is 12. The predicted octanol–water partition coefficient (Wildman–Crippen LogP) is 1.03. The number of aliphatic hydroxyl groups excluding tert-OH is 2. The number of carbonyl (C=O) groups is 1. The normalized spacial score (nSPS) is 36.3. The molecule has 5 aliphatic heterocycles. The van der Waals surface area contributed by atoms with Crippen LogP contribution in [0.3, 0.4) is 0 Å². The summed E-state index contributed by atoms with van der Waals surface area (Å²) in [6.07, 6.45) is 2.84. The van der Waals surface area contributed by atoms with Crippen LogP contribution in [-0.4, -0.2) is 120 Å². The molecule has 7 atom stereocenters. The highest BCUT2D eigenvalue weighted by Crippen LogP contribution is 2.36. The number of nitrogens with zero attached hydrogens (tertiary/aromatic N) is 3. The lowest BCUT2D eigenvalue weighted by Gasteiger charge is -2.46. The molecule has 1 aliphatic carbocycles. The Hall–Kier alpha value is -3.08. The number of phenols is 1. The molecule has 3 fully saturated rings. The first-order chi connectivity index (χ1) is 23.1. The minimum absolute atomic E-state index is 0.0283. The first-order valence-electron chi connectivity index (χ1n) is 17.9. The van der Waals surface area contributed by atoms with Crippen molar-refractivity contribution in [2.24, 2.45) is 33.9 Å². The van der Waals surface area contributed by atoms with Gasteiger partial charge in [-0.3, -0.25) is 9.69 Å². The number of esters is 1. The van der Waals surface area contributed by atoms with Crippen molar-refractivity contribution in [2.75, 3.05) is 59.0 Å². The molecule has 6 aliphatic rings. The summed E-state index contributed by atoms with van der Waals surface area (Å²) in [5.74, 6) is 8.20. The first kappa shape index (κ1) is 34.8. The third-order valence-electron chi connectivity index (χ3n) is 10.9. The molecule has 12 heteroatoms. The van der Waals surface area contributed by atoms with Crippen molar-refractivity contribution < 1.29 is 29.6 Å². The van der Waals surface area contributed by atoms with Crippen LogP contribution in [0, 0.1) is 35.0 Å². The number of aliphatic hydroxyl groups is 2. The van der Waals surface area contributed by atoms with Crippen LogP contribution in [0.1, 0.15) is 57.4 Å². The lowest BCUT2D eigenvalue weighted by molar-refractivity contribution is -0.151. The fourth-order valence-electron chi connectivity index (χ4n) is 8.45. The van der Waals surface area contributed by atoms with E-state index < -0.39 is 29.7 Å². The van der Waals surface area contributed by atoms with E-state index in [0.717, 1.165) is 57.7 Å². The van der Waals surface area contributed by atoms with E-state index in [1.165, 1.54) is 13.3 Å². The van der Waals surface area contributed by atoms with Crippen LogP contribution in [0.15, 0.2) is 23.2 Å². The molecule has 1 aromatic rings. The summed E-state index contributed by atoms with van der Waals surface area (Å²) >= 11 is 0. The maximum Gasteiger partial charge on any atom is 0.302 e. The van der Waals surface area contributed by atoms with E-state index >= 15 is 0 Å². The Labute approximate surface area is 284 Å². The van der Waals surface area contributed by atoms with Crippen molar-refractivity contribution in [1.82, 2.24) is 20.4 Å². The van der Waals surface area contributed by atoms with Gasteiger partial charge in [0.2, 0.25) is 0 Å². The standard InChI is InChI=1S/C36H54N6O6/c1-24(43)47-32-16-29(44)6-10-36(22-39-35(37)40-23-42-19-26-13-27(20-42)18-41(17-26)21-34(36)46)9-2-3-28(32)14-25-4-5-31(45)33(15-25)48-30-7-11-38-12-8-30/h4-5,15,26-30,32,34,38,44-46H,3,6-8,10-14,16-23H2,1H3,(H3,37,39,40). The van der Waals surface area contributed by atoms with Crippen molar-refractivity contribution in [1.29, 1.82) is 0 Å². The van der Waals surface area contributed by atoms with E-state index in [0.29, 0.717) is 69.0 Å². The zero-order chi connectivity index (χ0) is 33.7. The molecule has 4 bridgehead atoms. The SMILES string of the molecule is CC(=O)OC1CC(O)CCC2(C#CCC1Cc1ccc(O)c(OC3CCNCC3)c1)CNC(N)=NCN1CC3CC(C1)CN(C3)CC2O. The number of hydrogen-bond donors (Lipinski definition) is 6. The zero-order valence-corrected chi connectivity index (χ0v) is 28.3. The van der Waals surface area contributed by atoms with Gasteiger partial charge in [-0.2, -0.15) is 0 Å². The van der Waals surface area contributed by atoms with Gasteiger partial charge in [-0.1, -0.05) is 12.0 Å². The molecule has 1 aromatic carbocycles. The topological polar surface area (TPSA) is 165 Å². The molecule has 0 radical (unpaired) electrons. The van der Waals surface area contributed by atoms with E-state index in [-0.39, 0.29) is 24.2 Å². The number of piperidine rings is 3. The van der Waals surface area contributed by atoms with E-state index in [4.69, 9.17) is 15.2 Å². The van der Waals surface area contributed by atoms with Crippen LogP contribution in [0.5, 0.6) is 11.5 Å². The van der Waals surface area contributed by atoms with Gasteiger partial charge in [-0.25, -0.2) is 4.99 Å². The number of carbonyl (C=O) groups excluding carboxylic acids is 1. The van der Waals surface area contributed by atoms with E-state index in [1.54, 1.807) is 6.07 Å². The second-order valence-electron chi connectivity index (χ2n) is 14.8. The van der Waals surface area contributed by atoms with Gasteiger partial charge in [0.05, 0.1) is 24.3 Å². The summed E-state index contributed by atoms with van der Waals surface area (Å²) in [5, 5.41) is 40.6. The number of fused-ring (bicyclic) bond motifs is 4. The monoisotopic (exact) mass is 666 g/mol. The Balaban J connectivity index is 1.27. The van der Waals surface area contributed by atoms with Crippen LogP contribution in [-0.2, 0) is 16.0 Å². The molecular formula is C36H54N6O6. The number of rotatable bonds is 5. The Morgan fingerprint density at radius 2 is 1.83 bits per heavy atom. The zero-order valence-electron chi connectivity index (χ0n) is 28.3. The van der Waals surface area contributed by atoms with Crippen molar-refractivity contribution in [3.8, 4) is 23.3 Å². The smallest absolute Gasteiger partial charge is 0.302 e. The second kappa shape index (κ2) is 15.6. The molecule has 7 rings (SSSR count). The Bertz CT molecular complexity index is 1350. The highest BCUT2D eigenvalue weighted by Gasteiger charge is 2.42. The number of benzene rings is 1. The quantitative estimate of drug-likeness (QED) is 0.196. The highest BCUT2D eigenvalue weighted by molar-refractivity contribution is 5.77. The highest BCUT2D eigenvalue weighted by atomic mass is 16.5. The average Bonchev–Trinajstić information content (AvgIpc) is 3.05. The van der Waals surface area contributed by atoms with Crippen LogP contribution in [0.25, 0.3) is 0 Å². The molecule has 7 unspecified atom stereocenters. The number of guanidine groups is 1. The van der Waals surface area contributed by atoms with Gasteiger partial charge in [0.15, 0.2) is 17.5 Å². The van der Waals surface area contributed by atoms with E-state index in [1.807, 2.05) is 12.1 Å². The van der Waals surface area contributed by atoms with Gasteiger partial charge >= 0.3 is 5.97 Å². The predicted molar refractivity (Wildman–Crippen MR) is 182 cm³/mol. The number of nitrogens with one attached hydrogen (secondary N) is 2. The molecule has 12 nitrogen and oxygen atoms in total. The Morgan fingerprint density at radius 1 is 1.08 bits per heavy atom. The second-order valence-corrected chi connectivity index (χ2v) is 14.8. The van der Waals surface area contributed by atoms with Gasteiger partial charge in [0, 0.05) is 65.0 Å². The summed E-state index contributed by atoms with van der Waals surface area (Å²) in [4.78, 5) is 21.7. The summed E-state index contributed by atoms with van der Waals surface area (Å²) < 4.78 is 12.0. The molecule has 7 N–H and O–H groups in total. The van der Waals surface area contributed by atoms with Crippen molar-refractivity contribution >= 4 is 11.9 Å². The summed E-state index contributed by atoms with van der Waals surface area (Å²) in [6.45, 7) is 8.33. The van der Waals surface area contributed by atoms with Crippen molar-refractivity contribution in [2.45, 2.75) is 82.7 Å². The molecule has 0 aromatic heterocycles. The number of phenolic OH excluding ortho intramolecular Hbond substituents is 1. The van der Waals surface area contributed by atoms with Gasteiger partial charge in [0.25, 0.3) is 0 Å². The third kappa shape index (κ3) is 8.93. The number of ether oxygens (including phenoxy) is 2. The lowest BCUT2D eigenvalue weighted by Crippen LogP contribution is -2.56. The molecule has 3 saturated heterocycles. The molecule has 0 saturated carbocycles. The van der Waals surface area contributed by atoms with Crippen molar-refractivity contribution in [3.63, 3.8) is 0 Å². The average molecular weight is 667 g/mol. The minimum Gasteiger partial charge on any atom is -0.504 e. The van der Waals surface area contributed by atoms with E-state index in [2.05, 4.69) is 37.3 Å². The fourth-order valence-corrected chi connectivity index (χ4v) is 8.45. The number of aliphatic imine (C=N–C) groups is 1. The molecule has 264 valence electrons. The van der Waals surface area contributed by atoms with Crippen LogP contribution >= 0.6 is 0 Å². The van der Waals surface area contributed by atoms with Gasteiger partial charge in [-0.15, -0.1) is 5.92 Å². The van der Waals surface area contributed by atoms with Crippen LogP contribution < -0.4 is 21.1 Å². The molecule has 48 heavy (non-hydrogen) atoms. The number of nitrogens with two attached hydrogens (primary N) is 1. The van der Waals surface area contributed by atoms with Gasteiger partial charge in [-0.05, 0) is 81.1 Å². The summed E-state index contributed by atoms with van der Waals surface area (Å²) in [6, 6.07) is 5.37. The van der Waals surface area contributed by atoms with E-state index in [9.17, 15) is 20.1 Å². The van der Waals surface area contributed by atoms with Crippen LogP contribution in [0.4, 0.5) is 0 Å². The number of aromatic hydroxyl groups is 1. The largest absolute Gasteiger partial charge is 0.504 e. The lowest BCUT2D eigenvalue weighted by atomic mass is 9.75. The van der Waals surface area contributed by atoms with Gasteiger partial charge in [0.1, 0.15) is 12.2 Å². The maximum atomic E-state index is 12.3. The molecule has 5 heterocycles. The fraction of sp³-hybridized carbons (Fsp3) is 0.722. The minimum atomic E-state index is -0.876. The van der Waals surface area contributed by atoms with Crippen molar-refractivity contribution in [3.05, 3.63) is 23.8 Å². The molecule has 0 amide bonds. The Kier molecular flexibility index (Phi) is 11.3. The molecular weight excluding hydrogens is 612 g/mol. The Morgan fingerprint density at radius 3 is 2.58 bits per heavy atom. The molecule has 1 spiro atoms. The summed E-state index contributed by atoms with van der Waals surface area (Å²) in [5.41, 5.74) is 6.40. The summed E-state index contributed by atoms with van der Waals surface area (Å²) in [7, 11) is 0. The third-order valence-corrected chi connectivity index (χ3v) is 10.9. The van der Waals surface area contributed by atoms with Gasteiger partial charge < -0.3 is 46.1 Å².